The van der Waals surface area contributed by atoms with E-state index in [0.29, 0.717) is 17.5 Å². The fraction of sp³-hybridized carbons (Fsp3) is 0.263. The third-order valence-electron chi connectivity index (χ3n) is 3.79. The number of hydrogen-bond donors (Lipinski definition) is 1. The molecule has 1 atom stereocenters. The zero-order valence-electron chi connectivity index (χ0n) is 14.9. The van der Waals surface area contributed by atoms with Gasteiger partial charge < -0.3 is 14.6 Å². The van der Waals surface area contributed by atoms with Crippen LogP contribution in [-0.4, -0.2) is 27.6 Å². The molecule has 0 radical (unpaired) electrons. The summed E-state index contributed by atoms with van der Waals surface area (Å²) >= 11 is 0. The smallest absolute Gasteiger partial charge is 0.258 e. The summed E-state index contributed by atoms with van der Waals surface area (Å²) < 4.78 is 23.6. The van der Waals surface area contributed by atoms with Gasteiger partial charge in [-0.25, -0.2) is 4.39 Å². The van der Waals surface area contributed by atoms with Gasteiger partial charge in [0, 0.05) is 18.0 Å². The number of pyridine rings is 1. The maximum absolute atomic E-state index is 12.9. The van der Waals surface area contributed by atoms with Gasteiger partial charge in [-0.3, -0.25) is 9.78 Å². The quantitative estimate of drug-likeness (QED) is 0.687. The van der Waals surface area contributed by atoms with Gasteiger partial charge in [0.2, 0.25) is 11.7 Å². The van der Waals surface area contributed by atoms with Crippen LogP contribution in [0, 0.1) is 11.7 Å². The Labute approximate surface area is 155 Å². The lowest BCUT2D eigenvalue weighted by atomic mass is 10.0. The summed E-state index contributed by atoms with van der Waals surface area (Å²) in [4.78, 5) is 20.6. The van der Waals surface area contributed by atoms with Gasteiger partial charge in [0.15, 0.2) is 6.61 Å². The predicted molar refractivity (Wildman–Crippen MR) is 95.1 cm³/mol. The van der Waals surface area contributed by atoms with Gasteiger partial charge in [-0.05, 0) is 42.3 Å². The third-order valence-corrected chi connectivity index (χ3v) is 3.79. The predicted octanol–water partition coefficient (Wildman–Crippen LogP) is 3.16. The van der Waals surface area contributed by atoms with Crippen molar-refractivity contribution in [1.29, 1.82) is 0 Å². The molecule has 3 rings (SSSR count). The highest BCUT2D eigenvalue weighted by Gasteiger charge is 2.25. The molecular formula is C19H19FN4O3. The van der Waals surface area contributed by atoms with Crippen LogP contribution in [0.1, 0.15) is 25.8 Å². The fourth-order valence-corrected chi connectivity index (χ4v) is 2.38. The molecule has 1 N–H and O–H groups in total. The van der Waals surface area contributed by atoms with Gasteiger partial charge in [0.1, 0.15) is 17.6 Å². The normalized spacial score (nSPS) is 12.0. The molecule has 0 bridgehead atoms. The number of nitrogens with one attached hydrogen (secondary N) is 1. The number of amides is 1. The molecule has 3 aromatic rings. The van der Waals surface area contributed by atoms with Crippen molar-refractivity contribution in [2.24, 2.45) is 5.92 Å². The number of halogens is 1. The zero-order valence-corrected chi connectivity index (χ0v) is 14.9. The first-order valence-electron chi connectivity index (χ1n) is 8.44. The Bertz CT molecular complexity index is 881. The van der Waals surface area contributed by atoms with Crippen molar-refractivity contribution < 1.29 is 18.4 Å². The van der Waals surface area contributed by atoms with Crippen LogP contribution in [0.25, 0.3) is 11.4 Å². The Balaban J connectivity index is 1.64. The van der Waals surface area contributed by atoms with Gasteiger partial charge >= 0.3 is 0 Å². The average molecular weight is 370 g/mol. The number of benzene rings is 1. The lowest BCUT2D eigenvalue weighted by Crippen LogP contribution is -2.35. The highest BCUT2D eigenvalue weighted by Crippen LogP contribution is 2.23. The average Bonchev–Trinajstić information content (AvgIpc) is 3.16. The van der Waals surface area contributed by atoms with E-state index in [1.807, 2.05) is 19.9 Å². The third kappa shape index (κ3) is 4.87. The van der Waals surface area contributed by atoms with E-state index in [-0.39, 0.29) is 24.2 Å². The van der Waals surface area contributed by atoms with Gasteiger partial charge in [-0.1, -0.05) is 19.0 Å². The van der Waals surface area contributed by atoms with Crippen molar-refractivity contribution in [2.75, 3.05) is 6.61 Å². The topological polar surface area (TPSA) is 90.1 Å². The van der Waals surface area contributed by atoms with Crippen molar-refractivity contribution in [2.45, 2.75) is 19.9 Å². The number of nitrogens with zero attached hydrogens (tertiary/aromatic N) is 3. The van der Waals surface area contributed by atoms with E-state index in [2.05, 4.69) is 20.4 Å². The van der Waals surface area contributed by atoms with Crippen LogP contribution in [0.15, 0.2) is 53.3 Å². The molecule has 0 fully saturated rings. The Kier molecular flexibility index (Phi) is 5.75. The van der Waals surface area contributed by atoms with Crippen LogP contribution in [0.4, 0.5) is 4.39 Å². The van der Waals surface area contributed by atoms with Gasteiger partial charge in [0.25, 0.3) is 5.91 Å². The highest BCUT2D eigenvalue weighted by molar-refractivity contribution is 5.78. The maximum Gasteiger partial charge on any atom is 0.258 e. The Morgan fingerprint density at radius 1 is 1.26 bits per heavy atom. The van der Waals surface area contributed by atoms with Crippen molar-refractivity contribution in [3.8, 4) is 17.1 Å². The standard InChI is InChI=1S/C19H19FN4O3/c1-12(2)17(19-23-18(24-27-19)13-4-3-9-21-10-13)22-16(25)11-26-15-7-5-14(20)6-8-15/h3-10,12,17H,11H2,1-2H3,(H,22,25). The molecule has 0 aliphatic carbocycles. The molecule has 2 aromatic heterocycles. The number of hydrogen-bond acceptors (Lipinski definition) is 6. The van der Waals surface area contributed by atoms with E-state index in [4.69, 9.17) is 9.26 Å². The molecule has 1 unspecified atom stereocenters. The molecule has 140 valence electrons. The second kappa shape index (κ2) is 8.39. The van der Waals surface area contributed by atoms with E-state index in [1.54, 1.807) is 18.5 Å². The van der Waals surface area contributed by atoms with Crippen molar-refractivity contribution in [3.05, 3.63) is 60.5 Å². The number of carbonyl (C=O) groups is 1. The molecule has 1 aromatic carbocycles. The minimum Gasteiger partial charge on any atom is -0.484 e. The summed E-state index contributed by atoms with van der Waals surface area (Å²) in [7, 11) is 0. The molecule has 0 saturated carbocycles. The number of carbonyl (C=O) groups excluding carboxylic acids is 1. The zero-order chi connectivity index (χ0) is 19.2. The first-order valence-corrected chi connectivity index (χ1v) is 8.44. The number of aromatic nitrogens is 3. The van der Waals surface area contributed by atoms with Crippen molar-refractivity contribution in [3.63, 3.8) is 0 Å². The van der Waals surface area contributed by atoms with Crippen LogP contribution in [0.3, 0.4) is 0 Å². The SMILES string of the molecule is CC(C)C(NC(=O)COc1ccc(F)cc1)c1nc(-c2cccnc2)no1. The monoisotopic (exact) mass is 370 g/mol. The highest BCUT2D eigenvalue weighted by atomic mass is 19.1. The lowest BCUT2D eigenvalue weighted by molar-refractivity contribution is -0.124. The van der Waals surface area contributed by atoms with Gasteiger partial charge in [-0.2, -0.15) is 4.98 Å². The molecule has 0 saturated heterocycles. The molecule has 1 amide bonds. The summed E-state index contributed by atoms with van der Waals surface area (Å²) in [6.45, 7) is 3.65. The summed E-state index contributed by atoms with van der Waals surface area (Å²) in [5.41, 5.74) is 0.723. The van der Waals surface area contributed by atoms with E-state index >= 15 is 0 Å². The lowest BCUT2D eigenvalue weighted by Gasteiger charge is -2.18. The summed E-state index contributed by atoms with van der Waals surface area (Å²) in [6.07, 6.45) is 3.29. The van der Waals surface area contributed by atoms with Crippen LogP contribution in [0.2, 0.25) is 0 Å². The first kappa shape index (κ1) is 18.5. The fourth-order valence-electron chi connectivity index (χ4n) is 2.38. The molecule has 0 aliphatic heterocycles. The molecule has 8 heteroatoms. The van der Waals surface area contributed by atoms with E-state index < -0.39 is 6.04 Å². The van der Waals surface area contributed by atoms with Crippen LogP contribution < -0.4 is 10.1 Å². The Hall–Kier alpha value is -3.29. The molecule has 0 aliphatic rings. The molecule has 2 heterocycles. The van der Waals surface area contributed by atoms with E-state index in [9.17, 15) is 9.18 Å². The van der Waals surface area contributed by atoms with Gasteiger partial charge in [0.05, 0.1) is 0 Å². The minimum absolute atomic E-state index is 0.0157. The number of rotatable bonds is 7. The molecule has 27 heavy (non-hydrogen) atoms. The van der Waals surface area contributed by atoms with Crippen molar-refractivity contribution >= 4 is 5.91 Å². The molecule has 0 spiro atoms. The van der Waals surface area contributed by atoms with Crippen LogP contribution in [-0.2, 0) is 4.79 Å². The van der Waals surface area contributed by atoms with E-state index in [0.717, 1.165) is 5.56 Å². The van der Waals surface area contributed by atoms with E-state index in [1.165, 1.54) is 24.3 Å². The Morgan fingerprint density at radius 3 is 2.70 bits per heavy atom. The molecule has 7 nitrogen and oxygen atoms in total. The maximum atomic E-state index is 12.9. The second-order valence-corrected chi connectivity index (χ2v) is 6.23. The van der Waals surface area contributed by atoms with Crippen LogP contribution >= 0.6 is 0 Å². The minimum atomic E-state index is -0.466. The largest absolute Gasteiger partial charge is 0.484 e. The summed E-state index contributed by atoms with van der Waals surface area (Å²) in [5.74, 6) is 0.414. The summed E-state index contributed by atoms with van der Waals surface area (Å²) in [6, 6.07) is 8.58. The van der Waals surface area contributed by atoms with Crippen molar-refractivity contribution in [1.82, 2.24) is 20.4 Å². The second-order valence-electron chi connectivity index (χ2n) is 6.23. The summed E-state index contributed by atoms with van der Waals surface area (Å²) in [5, 5.41) is 6.78. The number of ether oxygens (including phenoxy) is 1. The molecular weight excluding hydrogens is 351 g/mol. The first-order chi connectivity index (χ1) is 13.0. The Morgan fingerprint density at radius 2 is 2.04 bits per heavy atom. The van der Waals surface area contributed by atoms with Gasteiger partial charge in [-0.15, -0.1) is 0 Å². The van der Waals surface area contributed by atoms with Crippen LogP contribution in [0.5, 0.6) is 5.75 Å².